The Bertz CT molecular complexity index is 1910. The van der Waals surface area contributed by atoms with Gasteiger partial charge in [0.05, 0.1) is 30.1 Å². The zero-order valence-corrected chi connectivity index (χ0v) is 38.3. The molecule has 0 spiro atoms. The standard InChI is InChI=1S/C45H69BN6O11/c1-23(2)37(50-40(58)30(15-17-35(53)54)48-39(57)29(47)22-36(55)56)42(60)51-38(24(3)4)43(61)52-18-10-11-31(52)41(59)49-34(16-14-27-13-12-25(5)19-26(27)6)46-62-33-21-28-20-32(44(28,7)8)45(33,9)63-46/h12-13,19,23-24,28-34,37-38H,10-11,14-18,20-22,47H2,1-9H3,(H,48,57)(H,49,59)(H,50,58)(H,51,60)(H,53,54)(H,55,56)/t28-,29-,30-,31-,32+,33+,34-,37-,38-,45-/m0/s1. The van der Waals surface area contributed by atoms with E-state index in [1.807, 2.05) is 0 Å². The number of likely N-dealkylation sites (tertiary alicyclic amines) is 1. The van der Waals surface area contributed by atoms with Crippen LogP contribution < -0.4 is 27.0 Å². The molecule has 348 valence electrons. The summed E-state index contributed by atoms with van der Waals surface area (Å²) in [6, 6.07) is 0.233. The summed E-state index contributed by atoms with van der Waals surface area (Å²) in [5.74, 6) is -6.53. The number of carbonyl (C=O) groups excluding carboxylic acids is 5. The number of amides is 5. The summed E-state index contributed by atoms with van der Waals surface area (Å²) in [7, 11) is -0.681. The van der Waals surface area contributed by atoms with E-state index in [1.54, 1.807) is 27.7 Å². The van der Waals surface area contributed by atoms with E-state index in [2.05, 4.69) is 74.1 Å². The molecule has 0 radical (unpaired) electrons. The molecule has 3 saturated carbocycles. The van der Waals surface area contributed by atoms with Crippen molar-refractivity contribution in [3.63, 3.8) is 0 Å². The first-order chi connectivity index (χ1) is 29.4. The van der Waals surface area contributed by atoms with Crippen LogP contribution in [0, 0.1) is 42.9 Å². The highest BCUT2D eigenvalue weighted by Gasteiger charge is 2.68. The molecule has 0 aromatic heterocycles. The van der Waals surface area contributed by atoms with Crippen LogP contribution in [0.15, 0.2) is 18.2 Å². The number of nitrogens with two attached hydrogens (primary N) is 1. The van der Waals surface area contributed by atoms with Gasteiger partial charge in [-0.15, -0.1) is 0 Å². The Morgan fingerprint density at radius 3 is 2.14 bits per heavy atom. The van der Waals surface area contributed by atoms with Gasteiger partial charge in [-0.2, -0.15) is 0 Å². The molecule has 2 bridgehead atoms. The maximum absolute atomic E-state index is 14.4. The molecule has 1 aromatic rings. The number of aliphatic carboxylic acids is 2. The van der Waals surface area contributed by atoms with Gasteiger partial charge >= 0.3 is 19.1 Å². The molecule has 8 N–H and O–H groups in total. The van der Waals surface area contributed by atoms with Crippen molar-refractivity contribution in [3.05, 3.63) is 34.9 Å². The first-order valence-electron chi connectivity index (χ1n) is 22.5. The molecule has 1 aromatic carbocycles. The van der Waals surface area contributed by atoms with Crippen LogP contribution in [0.25, 0.3) is 0 Å². The van der Waals surface area contributed by atoms with Crippen molar-refractivity contribution in [2.24, 2.45) is 34.8 Å². The van der Waals surface area contributed by atoms with Crippen LogP contribution in [0.4, 0.5) is 0 Å². The van der Waals surface area contributed by atoms with E-state index in [-0.39, 0.29) is 30.4 Å². The van der Waals surface area contributed by atoms with Gasteiger partial charge in [0.2, 0.25) is 29.5 Å². The van der Waals surface area contributed by atoms with Crippen LogP contribution in [-0.4, -0.2) is 118 Å². The van der Waals surface area contributed by atoms with Gasteiger partial charge in [-0.05, 0) is 106 Å². The molecule has 5 amide bonds. The number of hydrogen-bond acceptors (Lipinski definition) is 10. The van der Waals surface area contributed by atoms with Gasteiger partial charge in [0.25, 0.3) is 0 Å². The fourth-order valence-electron chi connectivity index (χ4n) is 10.2. The highest BCUT2D eigenvalue weighted by molar-refractivity contribution is 6.48. The molecule has 5 fully saturated rings. The van der Waals surface area contributed by atoms with Gasteiger partial charge in [0, 0.05) is 13.0 Å². The lowest BCUT2D eigenvalue weighted by Gasteiger charge is -2.64. The summed E-state index contributed by atoms with van der Waals surface area (Å²) >= 11 is 0. The van der Waals surface area contributed by atoms with Crippen molar-refractivity contribution >= 4 is 48.6 Å². The Balaban J connectivity index is 1.29. The summed E-state index contributed by atoms with van der Waals surface area (Å²) in [4.78, 5) is 93.0. The van der Waals surface area contributed by atoms with Crippen molar-refractivity contribution in [1.82, 2.24) is 26.2 Å². The van der Waals surface area contributed by atoms with Gasteiger partial charge < -0.3 is 51.4 Å². The first-order valence-corrected chi connectivity index (χ1v) is 22.5. The summed E-state index contributed by atoms with van der Waals surface area (Å²) in [6.45, 7) is 18.0. The van der Waals surface area contributed by atoms with Crippen molar-refractivity contribution in [2.75, 3.05) is 6.54 Å². The normalized spacial score (nSPS) is 25.8. The zero-order chi connectivity index (χ0) is 46.7. The van der Waals surface area contributed by atoms with Crippen LogP contribution in [0.1, 0.15) is 117 Å². The summed E-state index contributed by atoms with van der Waals surface area (Å²) < 4.78 is 13.6. The smallest absolute Gasteiger partial charge is 0.481 e. The number of benzene rings is 1. The predicted octanol–water partition coefficient (Wildman–Crippen LogP) is 2.41. The minimum Gasteiger partial charge on any atom is -0.481 e. The van der Waals surface area contributed by atoms with Gasteiger partial charge in [-0.25, -0.2) is 0 Å². The Kier molecular flexibility index (Phi) is 15.8. The second-order valence-corrected chi connectivity index (χ2v) is 19.8. The Morgan fingerprint density at radius 1 is 0.873 bits per heavy atom. The number of carbonyl (C=O) groups is 7. The Hall–Kier alpha value is -4.55. The van der Waals surface area contributed by atoms with E-state index in [1.165, 1.54) is 4.90 Å². The highest BCUT2D eigenvalue weighted by Crippen LogP contribution is 2.65. The third-order valence-corrected chi connectivity index (χ3v) is 14.2. The number of carboxylic acids is 2. The molecule has 0 unspecified atom stereocenters. The summed E-state index contributed by atoms with van der Waals surface area (Å²) in [6.07, 6.45) is 2.48. The minimum atomic E-state index is -1.51. The van der Waals surface area contributed by atoms with Crippen molar-refractivity contribution < 1.29 is 53.1 Å². The fraction of sp³-hybridized carbons (Fsp3) is 0.711. The van der Waals surface area contributed by atoms with Crippen LogP contribution in [0.5, 0.6) is 0 Å². The third-order valence-electron chi connectivity index (χ3n) is 14.2. The minimum absolute atomic E-state index is 0.0873. The number of rotatable bonds is 20. The first kappa shape index (κ1) is 49.5. The Labute approximate surface area is 371 Å². The van der Waals surface area contributed by atoms with Gasteiger partial charge in [-0.1, -0.05) is 65.3 Å². The molecular weight excluding hydrogens is 811 g/mol. The topological polar surface area (TPSA) is 256 Å². The lowest BCUT2D eigenvalue weighted by atomic mass is 9.43. The Morgan fingerprint density at radius 2 is 1.54 bits per heavy atom. The molecular formula is C45H69BN6O11. The SMILES string of the molecule is Cc1ccc(CC[C@H](NC(=O)[C@@H]2CCCN2C(=O)[C@@H](NC(=O)[C@@H](NC(=O)[C@H](CCC(=O)O)NC(=O)[C@@H](N)CC(=O)O)C(C)C)C(C)C)B2O[C@@H]3C[C@@H]4C[C@H](C4(C)C)[C@]3(C)O2)c(C)c1. The van der Waals surface area contributed by atoms with Crippen molar-refractivity contribution in [1.29, 1.82) is 0 Å². The van der Waals surface area contributed by atoms with Crippen LogP contribution in [-0.2, 0) is 49.3 Å². The zero-order valence-electron chi connectivity index (χ0n) is 38.3. The van der Waals surface area contributed by atoms with E-state index < -0.39 is 109 Å². The van der Waals surface area contributed by atoms with E-state index >= 15 is 0 Å². The number of nitrogens with zero attached hydrogens (tertiary/aromatic N) is 1. The largest absolute Gasteiger partial charge is 0.481 e. The lowest BCUT2D eigenvalue weighted by molar-refractivity contribution is -0.199. The third kappa shape index (κ3) is 11.2. The van der Waals surface area contributed by atoms with Gasteiger partial charge in [-0.3, -0.25) is 33.6 Å². The van der Waals surface area contributed by atoms with Gasteiger partial charge in [0.15, 0.2) is 0 Å². The van der Waals surface area contributed by atoms with Crippen molar-refractivity contribution in [3.8, 4) is 0 Å². The molecule has 6 rings (SSSR count). The second kappa shape index (κ2) is 20.1. The molecule has 2 heterocycles. The predicted molar refractivity (Wildman–Crippen MR) is 234 cm³/mol. The fourth-order valence-corrected chi connectivity index (χ4v) is 10.2. The molecule has 3 aliphatic carbocycles. The van der Waals surface area contributed by atoms with E-state index in [0.29, 0.717) is 37.5 Å². The molecule has 63 heavy (non-hydrogen) atoms. The van der Waals surface area contributed by atoms with E-state index in [9.17, 15) is 38.7 Å². The molecule has 5 aliphatic rings. The number of carboxylic acid groups (broad SMARTS) is 2. The lowest BCUT2D eigenvalue weighted by Crippen LogP contribution is -2.65. The molecule has 10 atom stereocenters. The quantitative estimate of drug-likeness (QED) is 0.0933. The number of aryl methyl sites for hydroxylation is 3. The van der Waals surface area contributed by atoms with Crippen LogP contribution in [0.2, 0.25) is 0 Å². The average Bonchev–Trinajstić information content (AvgIpc) is 3.83. The number of hydrogen-bond donors (Lipinski definition) is 7. The molecule has 2 saturated heterocycles. The second-order valence-electron chi connectivity index (χ2n) is 19.8. The van der Waals surface area contributed by atoms with Crippen LogP contribution >= 0.6 is 0 Å². The van der Waals surface area contributed by atoms with E-state index in [0.717, 1.165) is 29.5 Å². The molecule has 18 heteroatoms. The maximum atomic E-state index is 14.4. The average molecular weight is 881 g/mol. The highest BCUT2D eigenvalue weighted by atomic mass is 16.7. The monoisotopic (exact) mass is 881 g/mol. The van der Waals surface area contributed by atoms with Gasteiger partial charge in [0.1, 0.15) is 24.2 Å². The molecule has 2 aliphatic heterocycles. The molecule has 17 nitrogen and oxygen atoms in total. The number of nitrogens with one attached hydrogen (secondary N) is 4. The maximum Gasteiger partial charge on any atom is 0.481 e. The van der Waals surface area contributed by atoms with Crippen molar-refractivity contribution in [2.45, 2.75) is 168 Å². The summed E-state index contributed by atoms with van der Waals surface area (Å²) in [5.41, 5.74) is 8.81. The van der Waals surface area contributed by atoms with E-state index in [4.69, 9.17) is 20.1 Å². The van der Waals surface area contributed by atoms with Crippen LogP contribution in [0.3, 0.4) is 0 Å². The summed E-state index contributed by atoms with van der Waals surface area (Å²) in [5, 5.41) is 29.3.